The molecule has 6 heteroatoms. The van der Waals surface area contributed by atoms with E-state index in [1.165, 1.54) is 0 Å². The number of imidazole rings is 1. The normalized spacial score (nSPS) is 10.6. The van der Waals surface area contributed by atoms with E-state index in [2.05, 4.69) is 19.9 Å². The van der Waals surface area contributed by atoms with Crippen LogP contribution in [0.2, 0.25) is 0 Å². The zero-order valence-corrected chi connectivity index (χ0v) is 10.5. The first kappa shape index (κ1) is 11.5. The van der Waals surface area contributed by atoms with Crippen LogP contribution in [-0.4, -0.2) is 34.2 Å². The average molecular weight is 256 g/mol. The second-order valence-electron chi connectivity index (χ2n) is 3.90. The monoisotopic (exact) mass is 256 g/mol. The molecular formula is C13H12N4O2. The van der Waals surface area contributed by atoms with Crippen LogP contribution in [0.4, 0.5) is 0 Å². The lowest BCUT2D eigenvalue weighted by atomic mass is 10.1. The predicted molar refractivity (Wildman–Crippen MR) is 70.2 cm³/mol. The fourth-order valence-electron chi connectivity index (χ4n) is 1.87. The van der Waals surface area contributed by atoms with E-state index in [1.54, 1.807) is 26.7 Å². The second kappa shape index (κ2) is 4.56. The SMILES string of the molecule is COc1ccc(-c2cnc3nc[nH]c3n2)c(OC)c1. The molecule has 0 aliphatic rings. The highest BCUT2D eigenvalue weighted by atomic mass is 16.5. The molecule has 0 fully saturated rings. The topological polar surface area (TPSA) is 72.9 Å². The number of benzene rings is 1. The van der Waals surface area contributed by atoms with Gasteiger partial charge in [-0.05, 0) is 12.1 Å². The molecule has 3 aromatic rings. The zero-order valence-electron chi connectivity index (χ0n) is 10.5. The maximum Gasteiger partial charge on any atom is 0.197 e. The Morgan fingerprint density at radius 3 is 2.79 bits per heavy atom. The summed E-state index contributed by atoms with van der Waals surface area (Å²) >= 11 is 0. The molecule has 2 aromatic heterocycles. The van der Waals surface area contributed by atoms with E-state index in [9.17, 15) is 0 Å². The molecule has 0 aliphatic heterocycles. The van der Waals surface area contributed by atoms with Crippen molar-refractivity contribution in [2.75, 3.05) is 14.2 Å². The van der Waals surface area contributed by atoms with Crippen LogP contribution in [0.3, 0.4) is 0 Å². The molecule has 0 bridgehead atoms. The molecule has 0 saturated carbocycles. The van der Waals surface area contributed by atoms with Gasteiger partial charge in [0.25, 0.3) is 0 Å². The third-order valence-electron chi connectivity index (χ3n) is 2.83. The van der Waals surface area contributed by atoms with Crippen molar-refractivity contribution in [3.8, 4) is 22.8 Å². The van der Waals surface area contributed by atoms with Crippen LogP contribution in [0.5, 0.6) is 11.5 Å². The lowest BCUT2D eigenvalue weighted by molar-refractivity contribution is 0.395. The van der Waals surface area contributed by atoms with Crippen LogP contribution in [0.15, 0.2) is 30.7 Å². The molecule has 1 N–H and O–H groups in total. The van der Waals surface area contributed by atoms with Gasteiger partial charge >= 0.3 is 0 Å². The van der Waals surface area contributed by atoms with Crippen LogP contribution < -0.4 is 9.47 Å². The van der Waals surface area contributed by atoms with Gasteiger partial charge in [0.15, 0.2) is 11.3 Å². The number of hydrogen-bond donors (Lipinski definition) is 1. The van der Waals surface area contributed by atoms with Crippen LogP contribution in [0.25, 0.3) is 22.6 Å². The van der Waals surface area contributed by atoms with Crippen molar-refractivity contribution in [1.29, 1.82) is 0 Å². The maximum absolute atomic E-state index is 5.36. The Bertz CT molecular complexity index is 723. The number of aromatic amines is 1. The molecule has 19 heavy (non-hydrogen) atoms. The van der Waals surface area contributed by atoms with Gasteiger partial charge < -0.3 is 14.5 Å². The first-order valence-corrected chi connectivity index (χ1v) is 5.70. The molecule has 0 amide bonds. The standard InChI is InChI=1S/C13H12N4O2/c1-18-8-3-4-9(11(5-8)19-2)10-6-14-12-13(17-10)16-7-15-12/h3-7H,1-2H3,(H,14,15,16,17). The molecular weight excluding hydrogens is 244 g/mol. The number of nitrogens with one attached hydrogen (secondary N) is 1. The molecule has 2 heterocycles. The molecule has 96 valence electrons. The summed E-state index contributed by atoms with van der Waals surface area (Å²) < 4.78 is 10.5. The largest absolute Gasteiger partial charge is 0.497 e. The van der Waals surface area contributed by atoms with E-state index in [4.69, 9.17) is 9.47 Å². The number of hydrogen-bond acceptors (Lipinski definition) is 5. The number of ether oxygens (including phenoxy) is 2. The van der Waals surface area contributed by atoms with E-state index in [0.717, 1.165) is 17.0 Å². The molecule has 1 aromatic carbocycles. The van der Waals surface area contributed by atoms with Gasteiger partial charge in [0.05, 0.1) is 32.4 Å². The molecule has 6 nitrogen and oxygen atoms in total. The summed E-state index contributed by atoms with van der Waals surface area (Å²) in [6.45, 7) is 0. The van der Waals surface area contributed by atoms with Gasteiger partial charge in [0.2, 0.25) is 0 Å². The minimum absolute atomic E-state index is 0.594. The number of H-pyrrole nitrogens is 1. The first-order valence-electron chi connectivity index (χ1n) is 5.70. The highest BCUT2D eigenvalue weighted by molar-refractivity contribution is 5.73. The van der Waals surface area contributed by atoms with E-state index >= 15 is 0 Å². The van der Waals surface area contributed by atoms with Crippen LogP contribution in [0, 0.1) is 0 Å². The fourth-order valence-corrected chi connectivity index (χ4v) is 1.87. The Labute approximate surface area is 109 Å². The van der Waals surface area contributed by atoms with Crippen LogP contribution >= 0.6 is 0 Å². The van der Waals surface area contributed by atoms with Crippen molar-refractivity contribution in [2.45, 2.75) is 0 Å². The number of fused-ring (bicyclic) bond motifs is 1. The summed E-state index contributed by atoms with van der Waals surface area (Å²) in [4.78, 5) is 15.7. The number of nitrogens with zero attached hydrogens (tertiary/aromatic N) is 3. The van der Waals surface area contributed by atoms with Gasteiger partial charge in [-0.25, -0.2) is 15.0 Å². The molecule has 0 spiro atoms. The van der Waals surface area contributed by atoms with E-state index in [1.807, 2.05) is 18.2 Å². The zero-order chi connectivity index (χ0) is 13.2. The average Bonchev–Trinajstić information content (AvgIpc) is 2.93. The van der Waals surface area contributed by atoms with E-state index in [0.29, 0.717) is 17.0 Å². The van der Waals surface area contributed by atoms with Crippen molar-refractivity contribution in [1.82, 2.24) is 19.9 Å². The van der Waals surface area contributed by atoms with Crippen molar-refractivity contribution in [3.05, 3.63) is 30.7 Å². The Kier molecular flexibility index (Phi) is 2.75. The van der Waals surface area contributed by atoms with E-state index < -0.39 is 0 Å². The quantitative estimate of drug-likeness (QED) is 0.776. The van der Waals surface area contributed by atoms with Gasteiger partial charge in [0.1, 0.15) is 11.5 Å². The summed E-state index contributed by atoms with van der Waals surface area (Å²) in [7, 11) is 3.23. The third kappa shape index (κ3) is 1.97. The van der Waals surface area contributed by atoms with Crippen molar-refractivity contribution >= 4 is 11.3 Å². The minimum atomic E-state index is 0.594. The Balaban J connectivity index is 2.14. The third-order valence-corrected chi connectivity index (χ3v) is 2.83. The molecule has 0 radical (unpaired) electrons. The Morgan fingerprint density at radius 2 is 2.00 bits per heavy atom. The minimum Gasteiger partial charge on any atom is -0.497 e. The van der Waals surface area contributed by atoms with E-state index in [-0.39, 0.29) is 0 Å². The summed E-state index contributed by atoms with van der Waals surface area (Å²) in [5.74, 6) is 1.42. The summed E-state index contributed by atoms with van der Waals surface area (Å²) in [6.07, 6.45) is 3.24. The summed E-state index contributed by atoms with van der Waals surface area (Å²) in [5.41, 5.74) is 2.81. The second-order valence-corrected chi connectivity index (χ2v) is 3.90. The van der Waals surface area contributed by atoms with Crippen molar-refractivity contribution < 1.29 is 9.47 Å². The van der Waals surface area contributed by atoms with Gasteiger partial charge in [-0.2, -0.15) is 0 Å². The van der Waals surface area contributed by atoms with Crippen LogP contribution in [0.1, 0.15) is 0 Å². The predicted octanol–water partition coefficient (Wildman–Crippen LogP) is 2.04. The lowest BCUT2D eigenvalue weighted by Gasteiger charge is -2.09. The number of aromatic nitrogens is 4. The van der Waals surface area contributed by atoms with Gasteiger partial charge in [-0.15, -0.1) is 0 Å². The molecule has 0 aliphatic carbocycles. The Hall–Kier alpha value is -2.63. The highest BCUT2D eigenvalue weighted by Crippen LogP contribution is 2.32. The van der Waals surface area contributed by atoms with Crippen molar-refractivity contribution in [3.63, 3.8) is 0 Å². The van der Waals surface area contributed by atoms with Crippen molar-refractivity contribution in [2.24, 2.45) is 0 Å². The van der Waals surface area contributed by atoms with Crippen LogP contribution in [-0.2, 0) is 0 Å². The molecule has 0 saturated heterocycles. The number of methoxy groups -OCH3 is 2. The molecule has 0 unspecified atom stereocenters. The molecule has 3 rings (SSSR count). The lowest BCUT2D eigenvalue weighted by Crippen LogP contribution is -1.93. The summed E-state index contributed by atoms with van der Waals surface area (Å²) in [6, 6.07) is 5.56. The Morgan fingerprint density at radius 1 is 1.11 bits per heavy atom. The highest BCUT2D eigenvalue weighted by Gasteiger charge is 2.10. The van der Waals surface area contributed by atoms with Gasteiger partial charge in [0, 0.05) is 11.6 Å². The molecule has 0 atom stereocenters. The summed E-state index contributed by atoms with van der Waals surface area (Å²) in [5, 5.41) is 0. The number of rotatable bonds is 3. The first-order chi connectivity index (χ1) is 9.31. The maximum atomic E-state index is 5.36. The fraction of sp³-hybridized carbons (Fsp3) is 0.154. The van der Waals surface area contributed by atoms with Gasteiger partial charge in [-0.1, -0.05) is 0 Å². The van der Waals surface area contributed by atoms with Gasteiger partial charge in [-0.3, -0.25) is 0 Å². The smallest absolute Gasteiger partial charge is 0.197 e.